The molecular weight excluding hydrogens is 979 g/mol. The molecule has 0 spiro atoms. The maximum atomic E-state index is 11.6. The summed E-state index contributed by atoms with van der Waals surface area (Å²) in [5.41, 5.74) is 0.920. The second-order valence-corrected chi connectivity index (χ2v) is 23.3. The third-order valence-electron chi connectivity index (χ3n) is 12.6. The average molecular weight is 1090 g/mol. The quantitative estimate of drug-likeness (QED) is 0.168. The molecule has 10 aliphatic heterocycles. The van der Waals surface area contributed by atoms with Crippen molar-refractivity contribution in [2.45, 2.75) is 135 Å². The van der Waals surface area contributed by atoms with E-state index in [1.807, 2.05) is 27.0 Å². The molecule has 7 N–H and O–H groups in total. The van der Waals surface area contributed by atoms with E-state index in [0.29, 0.717) is 37.7 Å². The van der Waals surface area contributed by atoms with Gasteiger partial charge in [0.2, 0.25) is 5.97 Å². The summed E-state index contributed by atoms with van der Waals surface area (Å²) in [7, 11) is 3.83. The number of rotatable bonds is 1. The lowest BCUT2D eigenvalue weighted by Crippen LogP contribution is -2.40. The molecule has 10 heterocycles. The number of nitrogens with zero attached hydrogens (tertiary/aromatic N) is 6. The summed E-state index contributed by atoms with van der Waals surface area (Å²) in [6.07, 6.45) is 27.3. The number of halogens is 2. The molecule has 7 fully saturated rings. The second-order valence-electron chi connectivity index (χ2n) is 21.0. The molecule has 17 nitrogen and oxygen atoms in total. The van der Waals surface area contributed by atoms with Crippen LogP contribution in [0.2, 0.25) is 0 Å². The molecule has 0 unspecified atom stereocenters. The van der Waals surface area contributed by atoms with E-state index in [0.717, 1.165) is 77.5 Å². The summed E-state index contributed by atoms with van der Waals surface area (Å²) in [6.45, 7) is 26.8. The monoisotopic (exact) mass is 1080 g/mol. The Balaban J connectivity index is 0.000000421. The van der Waals surface area contributed by atoms with Crippen molar-refractivity contribution in [2.24, 2.45) is 15.0 Å². The highest BCUT2D eigenvalue weighted by Crippen LogP contribution is 2.14. The molecule has 436 valence electrons. The SMILES string of the molecule is C1CCCNCC1.C1CCNCC1.CC(C)(C)OC(=O)N1CCCCC1.CC1=CCN=C1.CN(C)C1CCNCC1.CN1CCNCC1.FC1=CCN=C1.FC1=NCC=C1.O=S1(=O)CCNCC1.OC1CCNCC1. The van der Waals surface area contributed by atoms with Gasteiger partial charge < -0.3 is 56.4 Å². The summed E-state index contributed by atoms with van der Waals surface area (Å²) in [5.74, 6) is 0.0602. The number of carbonyl (C=O) groups excluding carboxylic acids is 1. The number of hydrogen-bond donors (Lipinski definition) is 7. The smallest absolute Gasteiger partial charge is 0.410 e. The summed E-state index contributed by atoms with van der Waals surface area (Å²) in [4.78, 5) is 28.9. The Bertz CT molecular complexity index is 1570. The number of ether oxygens (including phenoxy) is 1. The maximum absolute atomic E-state index is 11.6. The van der Waals surface area contributed by atoms with Gasteiger partial charge in [0, 0.05) is 64.6 Å². The van der Waals surface area contributed by atoms with Crippen LogP contribution < -0.4 is 31.9 Å². The van der Waals surface area contributed by atoms with E-state index < -0.39 is 9.84 Å². The van der Waals surface area contributed by atoms with E-state index in [1.165, 1.54) is 141 Å². The zero-order chi connectivity index (χ0) is 55.3. The number of aliphatic imine (C=N–C) groups is 3. The number of piperidine rings is 4. The van der Waals surface area contributed by atoms with Crippen molar-refractivity contribution in [2.75, 3.05) is 157 Å². The summed E-state index contributed by atoms with van der Waals surface area (Å²) in [6, 6.07) is 0.825. The number of piperazine rings is 1. The van der Waals surface area contributed by atoms with E-state index in [4.69, 9.17) is 9.84 Å². The first-order valence-corrected chi connectivity index (χ1v) is 30.1. The lowest BCUT2D eigenvalue weighted by Gasteiger charge is -2.29. The highest BCUT2D eigenvalue weighted by atomic mass is 32.2. The number of amides is 1. The molecule has 10 aliphatic rings. The van der Waals surface area contributed by atoms with Gasteiger partial charge in [-0.2, -0.15) is 4.39 Å². The van der Waals surface area contributed by atoms with Crippen LogP contribution >= 0.6 is 0 Å². The third kappa shape index (κ3) is 45.7. The molecule has 0 aromatic heterocycles. The molecular formula is C55H106F2N12O5S. The molecule has 0 aromatic rings. The Morgan fingerprint density at radius 2 is 1.12 bits per heavy atom. The summed E-state index contributed by atoms with van der Waals surface area (Å²) >= 11 is 0. The topological polar surface area (TPSA) is 200 Å². The number of carbonyl (C=O) groups is 1. The average Bonchev–Trinajstić information content (AvgIpc) is 4.17. The predicted octanol–water partition coefficient (Wildman–Crippen LogP) is 5.74. The largest absolute Gasteiger partial charge is 0.444 e. The van der Waals surface area contributed by atoms with E-state index in [1.54, 1.807) is 11.0 Å². The van der Waals surface area contributed by atoms with Gasteiger partial charge in [0.25, 0.3) is 0 Å². The number of aliphatic hydroxyl groups excluding tert-OH is 1. The molecule has 75 heavy (non-hydrogen) atoms. The van der Waals surface area contributed by atoms with Crippen LogP contribution in [-0.4, -0.2) is 227 Å². The first-order chi connectivity index (χ1) is 36.0. The minimum atomic E-state index is -2.65. The minimum absolute atomic E-state index is 0.0266. The molecule has 0 atom stereocenters. The fourth-order valence-electron chi connectivity index (χ4n) is 7.89. The zero-order valence-electron chi connectivity index (χ0n) is 47.8. The second kappa shape index (κ2) is 45.9. The van der Waals surface area contributed by atoms with Crippen molar-refractivity contribution in [3.05, 3.63) is 35.7 Å². The normalized spacial score (nSPS) is 22.2. The lowest BCUT2D eigenvalue weighted by atomic mass is 10.1. The van der Waals surface area contributed by atoms with E-state index in [2.05, 4.69) is 90.8 Å². The Morgan fingerprint density at radius 3 is 1.40 bits per heavy atom. The molecule has 20 heteroatoms. The Labute approximate surface area is 454 Å². The molecule has 0 bridgehead atoms. The van der Waals surface area contributed by atoms with Crippen LogP contribution in [0.15, 0.2) is 50.7 Å². The summed E-state index contributed by atoms with van der Waals surface area (Å²) < 4.78 is 49.7. The number of likely N-dealkylation sites (tertiary alicyclic amines) is 1. The summed E-state index contributed by atoms with van der Waals surface area (Å²) in [5, 5.41) is 28.2. The molecule has 0 aromatic carbocycles. The molecule has 0 radical (unpaired) electrons. The Morgan fingerprint density at radius 1 is 0.653 bits per heavy atom. The van der Waals surface area contributed by atoms with Crippen LogP contribution in [0.1, 0.15) is 118 Å². The van der Waals surface area contributed by atoms with Crippen LogP contribution in [0.4, 0.5) is 13.6 Å². The van der Waals surface area contributed by atoms with Crippen LogP contribution in [0.3, 0.4) is 0 Å². The van der Waals surface area contributed by atoms with Gasteiger partial charge in [0.05, 0.1) is 43.5 Å². The van der Waals surface area contributed by atoms with Crippen LogP contribution in [-0.2, 0) is 14.6 Å². The minimum Gasteiger partial charge on any atom is -0.444 e. The lowest BCUT2D eigenvalue weighted by molar-refractivity contribution is 0.0215. The van der Waals surface area contributed by atoms with Crippen LogP contribution in [0, 0.1) is 0 Å². The number of aliphatic hydroxyl groups is 1. The molecule has 0 aliphatic carbocycles. The van der Waals surface area contributed by atoms with Gasteiger partial charge in [-0.25, -0.2) is 17.6 Å². The number of nitrogens with one attached hydrogen (secondary N) is 6. The first kappa shape index (κ1) is 70.0. The zero-order valence-corrected chi connectivity index (χ0v) is 48.6. The van der Waals surface area contributed by atoms with Crippen molar-refractivity contribution in [1.29, 1.82) is 0 Å². The van der Waals surface area contributed by atoms with Gasteiger partial charge in [0.1, 0.15) is 11.4 Å². The number of sulfone groups is 1. The number of likely N-dealkylation sites (N-methyl/N-ethyl adjacent to an activating group) is 1. The predicted molar refractivity (Wildman–Crippen MR) is 312 cm³/mol. The fraction of sp³-hybridized carbons (Fsp3) is 0.818. The van der Waals surface area contributed by atoms with Crippen LogP contribution in [0.25, 0.3) is 0 Å². The van der Waals surface area contributed by atoms with Gasteiger partial charge in [-0.3, -0.25) is 15.0 Å². The Hall–Kier alpha value is -3.05. The van der Waals surface area contributed by atoms with E-state index in [9.17, 15) is 22.0 Å². The van der Waals surface area contributed by atoms with E-state index >= 15 is 0 Å². The van der Waals surface area contributed by atoms with Crippen molar-refractivity contribution in [1.82, 2.24) is 46.6 Å². The highest BCUT2D eigenvalue weighted by Gasteiger charge is 2.23. The van der Waals surface area contributed by atoms with Crippen LogP contribution in [0.5, 0.6) is 0 Å². The Kier molecular flexibility index (Phi) is 42.8. The van der Waals surface area contributed by atoms with Gasteiger partial charge in [-0.1, -0.05) is 31.4 Å². The maximum Gasteiger partial charge on any atom is 0.410 e. The van der Waals surface area contributed by atoms with Crippen molar-refractivity contribution in [3.8, 4) is 0 Å². The number of allylic oxidation sites excluding steroid dienone is 3. The number of hydrogen-bond acceptors (Lipinski definition) is 16. The molecule has 1 amide bonds. The van der Waals surface area contributed by atoms with Crippen molar-refractivity contribution < 1.29 is 31.8 Å². The molecule has 0 saturated carbocycles. The molecule has 10 rings (SSSR count). The standard InChI is InChI=1S/C10H19NO2.C7H16N2.C6H13N.C5H12N2.C5H11NO.C5H7N.C5H11N.2C4H4FN.C4H9NO2S/c1-10(2,3)13-9(12)11-7-5-4-6-8-11;1-9(2)7-3-5-8-6-4-7;1-2-4-6-7-5-3-1;1-7-4-2-6-3-5-7;7-5-1-3-6-4-2-5;1-5-2-3-6-4-5;1-2-4-6-5-3-1;5-4-1-2-6-3-4;5-4-2-1-3-6-4;6-8(7)3-1-5-2-4-8/h4-8H2,1-3H3;7-8H,3-6H2,1-2H3;7H,1-6H2;6H,2-5H2,1H3;5-7H,1-4H2;2,4H,3H2,1H3;6H,1-5H2;1,3H,2H2;1-2H,3H2;5H,1-4H2. The van der Waals surface area contributed by atoms with E-state index in [-0.39, 0.29) is 29.6 Å². The molecule has 7 saturated heterocycles. The third-order valence-corrected chi connectivity index (χ3v) is 14.2. The highest BCUT2D eigenvalue weighted by molar-refractivity contribution is 7.91. The van der Waals surface area contributed by atoms with Crippen molar-refractivity contribution >= 4 is 34.3 Å². The van der Waals surface area contributed by atoms with Gasteiger partial charge in [0.15, 0.2) is 9.84 Å². The van der Waals surface area contributed by atoms with Gasteiger partial charge in [-0.05, 0) is 190 Å². The first-order valence-electron chi connectivity index (χ1n) is 28.3. The van der Waals surface area contributed by atoms with Gasteiger partial charge in [-0.15, -0.1) is 0 Å². The fourth-order valence-corrected chi connectivity index (χ4v) is 9.01. The van der Waals surface area contributed by atoms with Crippen molar-refractivity contribution in [3.63, 3.8) is 0 Å². The van der Waals surface area contributed by atoms with Gasteiger partial charge >= 0.3 is 6.09 Å².